The molecule has 0 saturated heterocycles. The predicted octanol–water partition coefficient (Wildman–Crippen LogP) is 3.02. The number of anilines is 1. The molecular formula is C18H14F3N7. The highest BCUT2D eigenvalue weighted by Crippen LogP contribution is 2.38. The molecule has 7 nitrogen and oxygen atoms in total. The number of aromatic amines is 1. The summed E-state index contributed by atoms with van der Waals surface area (Å²) in [4.78, 5) is 18.0. The van der Waals surface area contributed by atoms with Crippen molar-refractivity contribution in [2.24, 2.45) is 0 Å². The molecule has 0 spiro atoms. The number of fused-ring (bicyclic) bond motifs is 2. The van der Waals surface area contributed by atoms with E-state index in [-0.39, 0.29) is 5.52 Å². The summed E-state index contributed by atoms with van der Waals surface area (Å²) in [7, 11) is 0. The van der Waals surface area contributed by atoms with Gasteiger partial charge in [0.05, 0.1) is 35.0 Å². The van der Waals surface area contributed by atoms with Crippen LogP contribution in [0.1, 0.15) is 28.7 Å². The van der Waals surface area contributed by atoms with Crippen molar-refractivity contribution in [3.63, 3.8) is 0 Å². The first kappa shape index (κ1) is 16.7. The van der Waals surface area contributed by atoms with E-state index in [9.17, 15) is 13.2 Å². The van der Waals surface area contributed by atoms with Gasteiger partial charge >= 0.3 is 6.18 Å². The Kier molecular flexibility index (Phi) is 3.61. The molecule has 1 aliphatic rings. The van der Waals surface area contributed by atoms with E-state index in [0.29, 0.717) is 24.5 Å². The number of rotatable bonds is 2. The molecule has 0 aliphatic carbocycles. The lowest BCUT2D eigenvalue weighted by Gasteiger charge is -2.34. The summed E-state index contributed by atoms with van der Waals surface area (Å²) in [5, 5.41) is 4.44. The number of halogens is 3. The van der Waals surface area contributed by atoms with Gasteiger partial charge in [0.1, 0.15) is 11.9 Å². The predicted molar refractivity (Wildman–Crippen MR) is 93.7 cm³/mol. The van der Waals surface area contributed by atoms with Crippen molar-refractivity contribution >= 4 is 11.3 Å². The van der Waals surface area contributed by atoms with Crippen LogP contribution in [-0.4, -0.2) is 36.1 Å². The van der Waals surface area contributed by atoms with Crippen LogP contribution < -0.4 is 4.90 Å². The summed E-state index contributed by atoms with van der Waals surface area (Å²) in [6.45, 7) is 0.610. The Labute approximate surface area is 156 Å². The van der Waals surface area contributed by atoms with Crippen LogP contribution in [0.2, 0.25) is 0 Å². The Bertz CT molecular complexity index is 1130. The lowest BCUT2D eigenvalue weighted by atomic mass is 9.99. The second-order valence-electron chi connectivity index (χ2n) is 6.49. The molecule has 4 aromatic heterocycles. The maximum absolute atomic E-state index is 13.4. The van der Waals surface area contributed by atoms with E-state index in [1.807, 2.05) is 4.90 Å². The highest BCUT2D eigenvalue weighted by molar-refractivity contribution is 5.59. The third-order valence-corrected chi connectivity index (χ3v) is 4.88. The fourth-order valence-corrected chi connectivity index (χ4v) is 3.67. The molecule has 1 N–H and O–H groups in total. The lowest BCUT2D eigenvalue weighted by Crippen LogP contribution is -2.37. The van der Waals surface area contributed by atoms with E-state index in [1.54, 1.807) is 24.9 Å². The minimum Gasteiger partial charge on any atom is -0.348 e. The van der Waals surface area contributed by atoms with Crippen LogP contribution in [0.5, 0.6) is 0 Å². The lowest BCUT2D eigenvalue weighted by molar-refractivity contribution is -0.136. The Morgan fingerprint density at radius 1 is 1.18 bits per heavy atom. The molecule has 0 saturated carbocycles. The molecule has 0 radical (unpaired) electrons. The quantitative estimate of drug-likeness (QED) is 0.574. The van der Waals surface area contributed by atoms with Gasteiger partial charge in [-0.3, -0.25) is 4.98 Å². The number of H-pyrrole nitrogens is 1. The van der Waals surface area contributed by atoms with Gasteiger partial charge in [-0.15, -0.1) is 0 Å². The second kappa shape index (κ2) is 6.04. The SMILES string of the molecule is FC(F)(F)c1cccn2nc(C3c4nc[nH]c4CCN3c3cnccn3)cc12. The van der Waals surface area contributed by atoms with E-state index in [4.69, 9.17) is 0 Å². The van der Waals surface area contributed by atoms with E-state index in [1.165, 1.54) is 22.8 Å². The van der Waals surface area contributed by atoms with Crippen molar-refractivity contribution in [2.45, 2.75) is 18.6 Å². The van der Waals surface area contributed by atoms with Gasteiger partial charge in [0, 0.05) is 37.3 Å². The highest BCUT2D eigenvalue weighted by Gasteiger charge is 2.36. The number of hydrogen-bond acceptors (Lipinski definition) is 5. The third kappa shape index (κ3) is 2.60. The number of nitrogens with one attached hydrogen (secondary N) is 1. The number of imidazole rings is 1. The summed E-state index contributed by atoms with van der Waals surface area (Å²) in [5.74, 6) is 0.620. The average Bonchev–Trinajstić information content (AvgIpc) is 3.33. The van der Waals surface area contributed by atoms with Crippen LogP contribution in [0.4, 0.5) is 19.0 Å². The van der Waals surface area contributed by atoms with Gasteiger partial charge in [0.15, 0.2) is 0 Å². The minimum absolute atomic E-state index is 0.00625. The molecule has 0 aromatic carbocycles. The Morgan fingerprint density at radius 3 is 2.86 bits per heavy atom. The molecule has 142 valence electrons. The van der Waals surface area contributed by atoms with Crippen molar-refractivity contribution in [1.29, 1.82) is 0 Å². The van der Waals surface area contributed by atoms with Crippen LogP contribution in [0.3, 0.4) is 0 Å². The van der Waals surface area contributed by atoms with E-state index >= 15 is 0 Å². The number of alkyl halides is 3. The summed E-state index contributed by atoms with van der Waals surface area (Å²) in [6.07, 6.45) is 4.13. The van der Waals surface area contributed by atoms with Crippen molar-refractivity contribution in [3.05, 3.63) is 72.0 Å². The molecule has 0 fully saturated rings. The van der Waals surface area contributed by atoms with Crippen LogP contribution in [0.25, 0.3) is 5.52 Å². The highest BCUT2D eigenvalue weighted by atomic mass is 19.4. The van der Waals surface area contributed by atoms with Crippen LogP contribution in [-0.2, 0) is 12.6 Å². The van der Waals surface area contributed by atoms with Crippen LogP contribution in [0, 0.1) is 0 Å². The molecule has 4 aromatic rings. The standard InChI is InChI=1S/C18H14F3N7/c19-18(20,21)11-2-1-6-28-14(11)8-13(26-28)17-16-12(24-10-25-16)3-7-27(17)15-9-22-4-5-23-15/h1-2,4-6,8-10,17H,3,7H2,(H,24,25). The third-order valence-electron chi connectivity index (χ3n) is 4.88. The van der Waals surface area contributed by atoms with Gasteiger partial charge in [-0.25, -0.2) is 14.5 Å². The molecule has 28 heavy (non-hydrogen) atoms. The van der Waals surface area contributed by atoms with E-state index in [2.05, 4.69) is 25.0 Å². The summed E-state index contributed by atoms with van der Waals surface area (Å²) >= 11 is 0. The van der Waals surface area contributed by atoms with Gasteiger partial charge in [-0.2, -0.15) is 18.3 Å². The van der Waals surface area contributed by atoms with Gasteiger partial charge in [-0.05, 0) is 18.2 Å². The van der Waals surface area contributed by atoms with Crippen molar-refractivity contribution in [2.75, 3.05) is 11.4 Å². The summed E-state index contributed by atoms with van der Waals surface area (Å²) in [6, 6.07) is 3.41. The number of nitrogens with zero attached hydrogens (tertiary/aromatic N) is 6. The van der Waals surface area contributed by atoms with Crippen LogP contribution in [0.15, 0.2) is 49.3 Å². The zero-order valence-corrected chi connectivity index (χ0v) is 14.4. The average molecular weight is 385 g/mol. The van der Waals surface area contributed by atoms with Gasteiger partial charge < -0.3 is 9.88 Å². The molecule has 5 rings (SSSR count). The summed E-state index contributed by atoms with van der Waals surface area (Å²) < 4.78 is 41.5. The van der Waals surface area contributed by atoms with Gasteiger partial charge in [0.2, 0.25) is 0 Å². The molecule has 0 bridgehead atoms. The molecule has 1 unspecified atom stereocenters. The molecular weight excluding hydrogens is 371 g/mol. The summed E-state index contributed by atoms with van der Waals surface area (Å²) in [5.41, 5.74) is 1.42. The molecule has 0 amide bonds. The van der Waals surface area contributed by atoms with E-state index < -0.39 is 17.8 Å². The monoisotopic (exact) mass is 385 g/mol. The number of pyridine rings is 1. The first-order valence-corrected chi connectivity index (χ1v) is 8.62. The van der Waals surface area contributed by atoms with Crippen LogP contribution >= 0.6 is 0 Å². The van der Waals surface area contributed by atoms with E-state index in [0.717, 1.165) is 17.5 Å². The molecule has 1 aliphatic heterocycles. The van der Waals surface area contributed by atoms with Crippen molar-refractivity contribution < 1.29 is 13.2 Å². The zero-order valence-electron chi connectivity index (χ0n) is 14.4. The fourth-order valence-electron chi connectivity index (χ4n) is 3.67. The fraction of sp³-hybridized carbons (Fsp3) is 0.222. The normalized spacial score (nSPS) is 17.1. The maximum atomic E-state index is 13.4. The van der Waals surface area contributed by atoms with Crippen molar-refractivity contribution in [1.82, 2.24) is 29.5 Å². The Morgan fingerprint density at radius 2 is 2.07 bits per heavy atom. The first-order valence-electron chi connectivity index (χ1n) is 8.62. The molecule has 1 atom stereocenters. The molecule has 10 heteroatoms. The topological polar surface area (TPSA) is 75.0 Å². The smallest absolute Gasteiger partial charge is 0.348 e. The second-order valence-corrected chi connectivity index (χ2v) is 6.49. The zero-order chi connectivity index (χ0) is 19.3. The number of aromatic nitrogens is 6. The minimum atomic E-state index is -4.46. The maximum Gasteiger partial charge on any atom is 0.418 e. The van der Waals surface area contributed by atoms with Gasteiger partial charge in [0.25, 0.3) is 0 Å². The Hall–Kier alpha value is -3.43. The largest absolute Gasteiger partial charge is 0.418 e. The Balaban J connectivity index is 1.69. The first-order chi connectivity index (χ1) is 13.5. The van der Waals surface area contributed by atoms with Crippen molar-refractivity contribution in [3.8, 4) is 0 Å². The molecule has 5 heterocycles. The van der Waals surface area contributed by atoms with Gasteiger partial charge in [-0.1, -0.05) is 0 Å². The number of hydrogen-bond donors (Lipinski definition) is 1.